The number of nitrogens with zero attached hydrogens (tertiary/aromatic N) is 6. The molecular formula is C31H37N9O. The van der Waals surface area contributed by atoms with E-state index in [9.17, 15) is 0 Å². The maximum absolute atomic E-state index is 7.59. The van der Waals surface area contributed by atoms with Crippen LogP contribution in [-0.2, 0) is 6.54 Å². The summed E-state index contributed by atoms with van der Waals surface area (Å²) in [7, 11) is 4.06. The Bertz CT molecular complexity index is 1520. The molecule has 0 aliphatic carbocycles. The summed E-state index contributed by atoms with van der Waals surface area (Å²) in [5.74, 6) is 1.57. The first-order chi connectivity index (χ1) is 20.1. The number of likely N-dealkylation sites (tertiary alicyclic amines) is 1. The van der Waals surface area contributed by atoms with Gasteiger partial charge >= 0.3 is 0 Å². The van der Waals surface area contributed by atoms with Crippen molar-refractivity contribution < 1.29 is 4.74 Å². The van der Waals surface area contributed by atoms with E-state index in [-0.39, 0.29) is 0 Å². The van der Waals surface area contributed by atoms with E-state index in [1.807, 2.05) is 60.4 Å². The normalized spacial score (nSPS) is 19.4. The monoisotopic (exact) mass is 551 g/mol. The molecule has 10 nitrogen and oxygen atoms in total. The molecular weight excluding hydrogens is 514 g/mol. The van der Waals surface area contributed by atoms with Crippen LogP contribution < -0.4 is 15.4 Å². The van der Waals surface area contributed by atoms with Crippen molar-refractivity contribution in [2.45, 2.75) is 31.5 Å². The minimum Gasteiger partial charge on any atom is -0.492 e. The predicted octanol–water partition coefficient (Wildman–Crippen LogP) is 3.77. The third-order valence-corrected chi connectivity index (χ3v) is 8.06. The van der Waals surface area contributed by atoms with Crippen LogP contribution in [0.1, 0.15) is 24.0 Å². The number of ether oxygens (including phenoxy) is 1. The maximum atomic E-state index is 7.59. The van der Waals surface area contributed by atoms with Crippen molar-refractivity contribution >= 4 is 23.3 Å². The fraction of sp³-hybridized carbons (Fsp3) is 0.355. The van der Waals surface area contributed by atoms with Crippen molar-refractivity contribution in [1.82, 2.24) is 34.5 Å². The van der Waals surface area contributed by atoms with Gasteiger partial charge in [0.25, 0.3) is 0 Å². The second-order valence-electron chi connectivity index (χ2n) is 10.8. The van der Waals surface area contributed by atoms with E-state index in [4.69, 9.17) is 10.1 Å². The van der Waals surface area contributed by atoms with Gasteiger partial charge in [-0.2, -0.15) is 0 Å². The summed E-state index contributed by atoms with van der Waals surface area (Å²) in [6, 6.07) is 15.4. The van der Waals surface area contributed by atoms with Gasteiger partial charge in [0.1, 0.15) is 30.1 Å². The first-order valence-electron chi connectivity index (χ1n) is 14.2. The zero-order chi connectivity index (χ0) is 28.2. The van der Waals surface area contributed by atoms with Gasteiger partial charge < -0.3 is 25.7 Å². The molecule has 2 fully saturated rings. The molecule has 4 aromatic rings. The highest BCUT2D eigenvalue weighted by Gasteiger charge is 2.38. The molecule has 0 radical (unpaired) electrons. The van der Waals surface area contributed by atoms with E-state index in [0.717, 1.165) is 64.9 Å². The lowest BCUT2D eigenvalue weighted by Crippen LogP contribution is -2.53. The average Bonchev–Trinajstić information content (AvgIpc) is 3.52. The number of hydrogen-bond acceptors (Lipinski definition) is 9. The fourth-order valence-corrected chi connectivity index (χ4v) is 6.04. The van der Waals surface area contributed by atoms with Crippen molar-refractivity contribution in [3.05, 3.63) is 78.5 Å². The number of hydrogen-bond donors (Lipinski definition) is 3. The highest BCUT2D eigenvalue weighted by Crippen LogP contribution is 2.29. The highest BCUT2D eigenvalue weighted by atomic mass is 16.5. The Morgan fingerprint density at radius 2 is 1.88 bits per heavy atom. The second kappa shape index (κ2) is 12.1. The van der Waals surface area contributed by atoms with Gasteiger partial charge in [0.05, 0.1) is 17.6 Å². The molecule has 2 saturated heterocycles. The highest BCUT2D eigenvalue weighted by molar-refractivity contribution is 6.08. The Hall–Kier alpha value is -4.28. The lowest BCUT2D eigenvalue weighted by Gasteiger charge is -2.39. The lowest BCUT2D eigenvalue weighted by atomic mass is 10.1. The van der Waals surface area contributed by atoms with Crippen molar-refractivity contribution in [3.63, 3.8) is 0 Å². The number of allylic oxidation sites excluding steroid dienone is 1. The van der Waals surface area contributed by atoms with E-state index in [1.165, 1.54) is 19.1 Å². The molecule has 2 bridgehead atoms. The van der Waals surface area contributed by atoms with Crippen LogP contribution in [0.3, 0.4) is 0 Å². The molecule has 2 aliphatic heterocycles. The van der Waals surface area contributed by atoms with Crippen molar-refractivity contribution in [2.75, 3.05) is 45.7 Å². The Morgan fingerprint density at radius 1 is 1.07 bits per heavy atom. The summed E-state index contributed by atoms with van der Waals surface area (Å²) in [6.07, 6.45) is 11.2. The van der Waals surface area contributed by atoms with Crippen LogP contribution in [0.25, 0.3) is 22.6 Å². The van der Waals surface area contributed by atoms with Gasteiger partial charge in [-0.25, -0.2) is 15.0 Å². The SMILES string of the molecule is CN/C=C(\C=N)c1ccc(CNc2cc(-c3cnc4cc(OCCN5C6CCC5CN(C)C6)ccn34)ncn2)cc1. The number of rotatable bonds is 11. The molecule has 3 N–H and O–H groups in total. The number of aromatic nitrogens is 4. The quantitative estimate of drug-likeness (QED) is 0.242. The third-order valence-electron chi connectivity index (χ3n) is 8.06. The van der Waals surface area contributed by atoms with Crippen molar-refractivity contribution in [2.24, 2.45) is 0 Å². The Morgan fingerprint density at radius 3 is 2.63 bits per heavy atom. The zero-order valence-corrected chi connectivity index (χ0v) is 23.6. The number of benzene rings is 1. The second-order valence-corrected chi connectivity index (χ2v) is 10.8. The van der Waals surface area contributed by atoms with E-state index >= 15 is 0 Å². The minimum atomic E-state index is 0.621. The Kier molecular flexibility index (Phi) is 7.93. The van der Waals surface area contributed by atoms with Crippen LogP contribution in [-0.4, -0.2) is 87.8 Å². The maximum Gasteiger partial charge on any atom is 0.140 e. The fourth-order valence-electron chi connectivity index (χ4n) is 6.04. The van der Waals surface area contributed by atoms with Gasteiger partial charge in [-0.1, -0.05) is 24.3 Å². The molecule has 0 spiro atoms. The van der Waals surface area contributed by atoms with Crippen molar-refractivity contribution in [3.8, 4) is 17.1 Å². The number of likely N-dealkylation sites (N-methyl/N-ethyl adjacent to an activating group) is 1. The zero-order valence-electron chi connectivity index (χ0n) is 23.6. The molecule has 3 aromatic heterocycles. The van der Waals surface area contributed by atoms with Crippen molar-refractivity contribution in [1.29, 1.82) is 5.41 Å². The topological polar surface area (TPSA) is 107 Å². The molecule has 2 atom stereocenters. The molecule has 1 aromatic carbocycles. The lowest BCUT2D eigenvalue weighted by molar-refractivity contribution is 0.0695. The molecule has 0 saturated carbocycles. The van der Waals surface area contributed by atoms with E-state index in [0.29, 0.717) is 25.2 Å². The average molecular weight is 552 g/mol. The molecule has 2 unspecified atom stereocenters. The number of imidazole rings is 1. The Balaban J connectivity index is 1.07. The summed E-state index contributed by atoms with van der Waals surface area (Å²) >= 11 is 0. The van der Waals surface area contributed by atoms with Gasteiger partial charge in [0, 0.05) is 81.6 Å². The van der Waals surface area contributed by atoms with Gasteiger partial charge in [0.15, 0.2) is 0 Å². The number of piperazine rings is 1. The smallest absolute Gasteiger partial charge is 0.140 e. The molecule has 212 valence electrons. The third kappa shape index (κ3) is 5.94. The largest absolute Gasteiger partial charge is 0.492 e. The molecule has 6 rings (SSSR count). The molecule has 41 heavy (non-hydrogen) atoms. The van der Waals surface area contributed by atoms with Crippen LogP contribution in [0, 0.1) is 5.41 Å². The van der Waals surface area contributed by atoms with Gasteiger partial charge in [-0.05, 0) is 37.1 Å². The summed E-state index contributed by atoms with van der Waals surface area (Å²) in [6.45, 7) is 4.59. The van der Waals surface area contributed by atoms with Crippen LogP contribution in [0.5, 0.6) is 5.75 Å². The molecule has 2 aliphatic rings. The summed E-state index contributed by atoms with van der Waals surface area (Å²) in [5.41, 5.74) is 5.44. The molecule has 0 amide bonds. The predicted molar refractivity (Wildman–Crippen MR) is 162 cm³/mol. The van der Waals surface area contributed by atoms with Crippen LogP contribution in [0.2, 0.25) is 0 Å². The molecule has 10 heteroatoms. The van der Waals surface area contributed by atoms with Gasteiger partial charge in [-0.15, -0.1) is 0 Å². The van der Waals surface area contributed by atoms with Crippen LogP contribution in [0.4, 0.5) is 5.82 Å². The first-order valence-corrected chi connectivity index (χ1v) is 14.2. The van der Waals surface area contributed by atoms with Gasteiger partial charge in [-0.3, -0.25) is 9.30 Å². The number of fused-ring (bicyclic) bond motifs is 3. The summed E-state index contributed by atoms with van der Waals surface area (Å²) in [5, 5.41) is 14.0. The Labute approximate surface area is 240 Å². The van der Waals surface area contributed by atoms with E-state index < -0.39 is 0 Å². The van der Waals surface area contributed by atoms with Crippen LogP contribution in [0.15, 0.2) is 67.4 Å². The van der Waals surface area contributed by atoms with Gasteiger partial charge in [0.2, 0.25) is 0 Å². The molecule has 5 heterocycles. The standard InChI is InChI=1S/C31H37N9O/c1-33-17-24(15-32)23-5-3-22(4-6-23)16-34-30-14-28(36-21-37-30)29-18-35-31-13-27(9-10-40(29)31)41-12-11-39-25-7-8-26(39)20-38(2)19-25/h3-6,9-10,13-15,17-18,21,25-26,32-33H,7-8,11-12,16,19-20H2,1-2H3,(H,34,36,37)/b24-17+,32-15?. The first kappa shape index (κ1) is 26.9. The number of anilines is 1. The number of pyridine rings is 1. The number of nitrogens with one attached hydrogen (secondary N) is 3. The van der Waals surface area contributed by atoms with E-state index in [2.05, 4.69) is 54.6 Å². The summed E-state index contributed by atoms with van der Waals surface area (Å²) in [4.78, 5) is 18.6. The van der Waals surface area contributed by atoms with E-state index in [1.54, 1.807) is 6.33 Å². The summed E-state index contributed by atoms with van der Waals surface area (Å²) < 4.78 is 8.18. The minimum absolute atomic E-state index is 0.621. The van der Waals surface area contributed by atoms with Crippen LogP contribution >= 0.6 is 0 Å².